The summed E-state index contributed by atoms with van der Waals surface area (Å²) in [5.74, 6) is 0.217. The van der Waals surface area contributed by atoms with Crippen LogP contribution in [-0.2, 0) is 11.2 Å². The van der Waals surface area contributed by atoms with E-state index in [1.54, 1.807) is 12.4 Å². The predicted molar refractivity (Wildman–Crippen MR) is 62.7 cm³/mol. The third-order valence-electron chi connectivity index (χ3n) is 3.07. The zero-order valence-electron chi connectivity index (χ0n) is 10.6. The van der Waals surface area contributed by atoms with Gasteiger partial charge in [-0.15, -0.1) is 6.54 Å². The van der Waals surface area contributed by atoms with Gasteiger partial charge in [-0.1, -0.05) is 6.42 Å². The van der Waals surface area contributed by atoms with E-state index in [4.69, 9.17) is 0 Å². The van der Waals surface area contributed by atoms with Gasteiger partial charge in [0, 0.05) is 18.4 Å². The Bertz CT molecular complexity index is 356. The van der Waals surface area contributed by atoms with Gasteiger partial charge in [0.15, 0.2) is 0 Å². The Morgan fingerprint density at radius 1 is 1.53 bits per heavy atom. The summed E-state index contributed by atoms with van der Waals surface area (Å²) in [6.45, 7) is 2.92. The van der Waals surface area contributed by atoms with Crippen LogP contribution in [0.3, 0.4) is 0 Å². The second-order valence-electron chi connectivity index (χ2n) is 4.29. The first-order valence-electron chi connectivity index (χ1n) is 5.77. The number of carbonyl (C=O) groups is 1. The molecule has 0 N–H and O–H groups in total. The van der Waals surface area contributed by atoms with Crippen molar-refractivity contribution in [3.05, 3.63) is 36.5 Å². The normalized spacial score (nSPS) is 19.6. The van der Waals surface area contributed by atoms with Gasteiger partial charge in [-0.2, -0.15) is 6.42 Å². The molecule has 2 heterocycles. The van der Waals surface area contributed by atoms with Crippen LogP contribution in [0, 0.1) is 6.42 Å². The molecule has 0 aromatic carbocycles. The molecule has 3 nitrogen and oxygen atoms in total. The molecule has 86 valence electrons. The third kappa shape index (κ3) is 4.09. The van der Waals surface area contributed by atoms with Crippen molar-refractivity contribution < 1.29 is 34.4 Å². The molecule has 1 aromatic heterocycles. The molecule has 2 rings (SSSR count). The van der Waals surface area contributed by atoms with Gasteiger partial charge >= 0.3 is 29.6 Å². The molecule has 1 aliphatic rings. The maximum Gasteiger partial charge on any atom is 1.00 e. The molecule has 1 saturated heterocycles. The van der Waals surface area contributed by atoms with Crippen LogP contribution < -0.4 is 29.6 Å². The number of nitrogens with zero attached hydrogens (tertiary/aromatic N) is 2. The Balaban J connectivity index is 0.00000144. The molecule has 0 unspecified atom stereocenters. The topological polar surface area (TPSA) is 33.2 Å². The van der Waals surface area contributed by atoms with E-state index in [-0.39, 0.29) is 35.5 Å². The van der Waals surface area contributed by atoms with Gasteiger partial charge in [0.2, 0.25) is 5.91 Å². The van der Waals surface area contributed by atoms with Crippen molar-refractivity contribution in [2.75, 3.05) is 6.54 Å². The summed E-state index contributed by atoms with van der Waals surface area (Å²) < 4.78 is 0. The zero-order chi connectivity index (χ0) is 11.4. The third-order valence-corrected chi connectivity index (χ3v) is 3.07. The van der Waals surface area contributed by atoms with Crippen LogP contribution >= 0.6 is 0 Å². The minimum Gasteiger partial charge on any atom is -0.370 e. The van der Waals surface area contributed by atoms with Crippen LogP contribution in [-0.4, -0.2) is 28.4 Å². The van der Waals surface area contributed by atoms with Gasteiger partial charge in [-0.25, -0.2) is 0 Å². The van der Waals surface area contributed by atoms with Crippen LogP contribution in [0.1, 0.15) is 25.3 Å². The summed E-state index contributed by atoms with van der Waals surface area (Å²) in [7, 11) is 0. The molecule has 1 aliphatic heterocycles. The Labute approximate surface area is 125 Å². The number of rotatable bonds is 2. The molecule has 1 atom stereocenters. The average molecular weight is 240 g/mol. The van der Waals surface area contributed by atoms with E-state index in [1.807, 2.05) is 17.0 Å². The van der Waals surface area contributed by atoms with Crippen LogP contribution in [0.4, 0.5) is 0 Å². The van der Waals surface area contributed by atoms with Gasteiger partial charge in [0.05, 0.1) is 6.42 Å². The van der Waals surface area contributed by atoms with Crippen molar-refractivity contribution >= 4 is 5.91 Å². The average Bonchev–Trinajstić information content (AvgIpc) is 2.31. The Kier molecular flexibility index (Phi) is 6.17. The maximum absolute atomic E-state index is 12.1. The standard InChI is InChI=1S/C13H17N2O.Na/c1-11-4-2-3-9-15(11)13(16)10-12-5-7-14-8-6-12;/h3,5-8,11H,2,4,9-10H2,1H3;/q-1;+1/t11-;/m0./s1. The number of pyridine rings is 1. The number of amides is 1. The van der Waals surface area contributed by atoms with Crippen molar-refractivity contribution in [1.82, 2.24) is 9.88 Å². The van der Waals surface area contributed by atoms with Crippen molar-refractivity contribution in [3.8, 4) is 0 Å². The Morgan fingerprint density at radius 2 is 2.24 bits per heavy atom. The first kappa shape index (κ1) is 14.7. The van der Waals surface area contributed by atoms with E-state index in [9.17, 15) is 4.79 Å². The minimum atomic E-state index is 0. The fourth-order valence-corrected chi connectivity index (χ4v) is 2.05. The van der Waals surface area contributed by atoms with E-state index in [0.29, 0.717) is 12.5 Å². The number of aromatic nitrogens is 1. The van der Waals surface area contributed by atoms with Crippen LogP contribution in [0.25, 0.3) is 0 Å². The number of piperidine rings is 1. The van der Waals surface area contributed by atoms with Crippen LogP contribution in [0.15, 0.2) is 24.5 Å². The van der Waals surface area contributed by atoms with Gasteiger partial charge in [-0.3, -0.25) is 9.78 Å². The zero-order valence-corrected chi connectivity index (χ0v) is 12.6. The van der Waals surface area contributed by atoms with Crippen molar-refractivity contribution in [2.45, 2.75) is 32.2 Å². The van der Waals surface area contributed by atoms with E-state index in [1.165, 1.54) is 0 Å². The van der Waals surface area contributed by atoms with Crippen molar-refractivity contribution in [3.63, 3.8) is 0 Å². The predicted octanol–water partition coefficient (Wildman–Crippen LogP) is -1.16. The number of likely N-dealkylation sites (tertiary alicyclic amines) is 1. The van der Waals surface area contributed by atoms with Gasteiger partial charge in [0.1, 0.15) is 0 Å². The first-order chi connectivity index (χ1) is 7.77. The molecular formula is C13H17N2NaO. The smallest absolute Gasteiger partial charge is 0.370 e. The summed E-state index contributed by atoms with van der Waals surface area (Å²) in [6, 6.07) is 4.17. The van der Waals surface area contributed by atoms with E-state index in [0.717, 1.165) is 24.9 Å². The van der Waals surface area contributed by atoms with Gasteiger partial charge < -0.3 is 11.3 Å². The maximum atomic E-state index is 12.1. The molecule has 4 heteroatoms. The van der Waals surface area contributed by atoms with E-state index in [2.05, 4.69) is 18.3 Å². The number of carbonyl (C=O) groups excluding carboxylic acids is 1. The molecule has 1 fully saturated rings. The van der Waals surface area contributed by atoms with Gasteiger partial charge in [-0.05, 0) is 24.6 Å². The molecule has 0 saturated carbocycles. The number of hydrogen-bond donors (Lipinski definition) is 0. The molecule has 1 aromatic rings. The summed E-state index contributed by atoms with van der Waals surface area (Å²) in [5.41, 5.74) is 1.04. The second-order valence-corrected chi connectivity index (χ2v) is 4.29. The van der Waals surface area contributed by atoms with Crippen LogP contribution in [0.5, 0.6) is 0 Å². The molecule has 1 amide bonds. The fourth-order valence-electron chi connectivity index (χ4n) is 2.05. The molecule has 0 spiro atoms. The van der Waals surface area contributed by atoms with Gasteiger partial charge in [0.25, 0.3) is 0 Å². The summed E-state index contributed by atoms with van der Waals surface area (Å²) >= 11 is 0. The second kappa shape index (κ2) is 7.14. The van der Waals surface area contributed by atoms with Crippen molar-refractivity contribution in [1.29, 1.82) is 0 Å². The summed E-state index contributed by atoms with van der Waals surface area (Å²) in [6.07, 6.45) is 8.34. The first-order valence-corrected chi connectivity index (χ1v) is 5.77. The fraction of sp³-hybridized carbons (Fsp3) is 0.462. The van der Waals surface area contributed by atoms with Crippen LogP contribution in [0.2, 0.25) is 0 Å². The van der Waals surface area contributed by atoms with Crippen molar-refractivity contribution in [2.24, 2.45) is 0 Å². The molecule has 0 radical (unpaired) electrons. The minimum absolute atomic E-state index is 0. The number of hydrogen-bond acceptors (Lipinski definition) is 2. The molecule has 17 heavy (non-hydrogen) atoms. The molecule has 0 aliphatic carbocycles. The largest absolute Gasteiger partial charge is 1.00 e. The molecule has 0 bridgehead atoms. The summed E-state index contributed by atoms with van der Waals surface area (Å²) in [4.78, 5) is 18.0. The quantitative estimate of drug-likeness (QED) is 0.483. The van der Waals surface area contributed by atoms with E-state index < -0.39 is 0 Å². The molecular weight excluding hydrogens is 223 g/mol. The SMILES string of the molecule is C[C@H]1CC[CH-]CN1C(=O)Cc1ccncc1.[Na+]. The monoisotopic (exact) mass is 240 g/mol. The summed E-state index contributed by atoms with van der Waals surface area (Å²) in [5, 5.41) is 0. The van der Waals surface area contributed by atoms with E-state index >= 15 is 0 Å². The Hall–Kier alpha value is -0.380. The Morgan fingerprint density at radius 3 is 2.88 bits per heavy atom.